The van der Waals surface area contributed by atoms with Crippen molar-refractivity contribution in [3.8, 4) is 0 Å². The number of thiophene rings is 1. The van der Waals surface area contributed by atoms with Gasteiger partial charge in [-0.15, -0.1) is 11.3 Å². The van der Waals surface area contributed by atoms with Crippen molar-refractivity contribution in [2.24, 2.45) is 0 Å². The molecule has 4 heteroatoms. The third kappa shape index (κ3) is 4.60. The fourth-order valence-corrected chi connectivity index (χ4v) is 2.96. The second-order valence-corrected chi connectivity index (χ2v) is 6.54. The fraction of sp³-hybridized carbons (Fsp3) is 0.353. The summed E-state index contributed by atoms with van der Waals surface area (Å²) in [5, 5.41) is 2.85. The molecule has 0 saturated carbocycles. The van der Waals surface area contributed by atoms with E-state index in [4.69, 9.17) is 4.74 Å². The molecule has 0 radical (unpaired) electrons. The van der Waals surface area contributed by atoms with Crippen LogP contribution in [0, 0.1) is 6.92 Å². The van der Waals surface area contributed by atoms with E-state index < -0.39 is 0 Å². The Labute approximate surface area is 130 Å². The maximum atomic E-state index is 11.8. The summed E-state index contributed by atoms with van der Waals surface area (Å²) in [7, 11) is 0. The predicted octanol–water partition coefficient (Wildman–Crippen LogP) is 4.65. The van der Waals surface area contributed by atoms with Gasteiger partial charge in [0.1, 0.15) is 6.61 Å². The normalized spacial score (nSPS) is 13.5. The molecule has 0 fully saturated rings. The van der Waals surface area contributed by atoms with Gasteiger partial charge in [0, 0.05) is 15.7 Å². The molecule has 2 aromatic rings. The summed E-state index contributed by atoms with van der Waals surface area (Å²) in [6.45, 7) is 6.49. The summed E-state index contributed by atoms with van der Waals surface area (Å²) < 4.78 is 5.32. The number of hydrogen-bond donors (Lipinski definition) is 1. The first-order valence-corrected chi connectivity index (χ1v) is 7.92. The summed E-state index contributed by atoms with van der Waals surface area (Å²) in [4.78, 5) is 14.4. The van der Waals surface area contributed by atoms with Gasteiger partial charge >= 0.3 is 6.09 Å². The zero-order valence-corrected chi connectivity index (χ0v) is 13.4. The number of nitrogens with one attached hydrogen (secondary N) is 1. The number of alkyl carbamates (subject to hydrolysis) is 1. The van der Waals surface area contributed by atoms with Gasteiger partial charge in [-0.05, 0) is 31.5 Å². The molecule has 2 rings (SSSR count). The van der Waals surface area contributed by atoms with E-state index >= 15 is 0 Å². The maximum Gasteiger partial charge on any atom is 0.407 e. The standard InChI is InChI=1S/C17H21NO2S/c1-12(16-10-9-13(2)21-16)11-20-17(19)18-14(3)15-7-5-4-6-8-15/h4-10,12,14H,11H2,1-3H3,(H,18,19)/t12-,14-/m0/s1. The highest BCUT2D eigenvalue weighted by Gasteiger charge is 2.13. The lowest BCUT2D eigenvalue weighted by atomic mass is 10.1. The van der Waals surface area contributed by atoms with E-state index in [1.807, 2.05) is 37.3 Å². The number of amides is 1. The van der Waals surface area contributed by atoms with Crippen molar-refractivity contribution in [1.29, 1.82) is 0 Å². The minimum absolute atomic E-state index is 0.0574. The van der Waals surface area contributed by atoms with Crippen LogP contribution in [0.4, 0.5) is 4.79 Å². The van der Waals surface area contributed by atoms with E-state index in [9.17, 15) is 4.79 Å². The highest BCUT2D eigenvalue weighted by molar-refractivity contribution is 7.12. The number of hydrogen-bond acceptors (Lipinski definition) is 3. The van der Waals surface area contributed by atoms with Gasteiger partial charge in [-0.3, -0.25) is 0 Å². The lowest BCUT2D eigenvalue weighted by Crippen LogP contribution is -2.28. The minimum Gasteiger partial charge on any atom is -0.449 e. The predicted molar refractivity (Wildman–Crippen MR) is 86.8 cm³/mol. The second kappa shape index (κ2) is 7.27. The van der Waals surface area contributed by atoms with Crippen LogP contribution >= 0.6 is 11.3 Å². The molecule has 0 unspecified atom stereocenters. The molecule has 2 atom stereocenters. The molecule has 21 heavy (non-hydrogen) atoms. The summed E-state index contributed by atoms with van der Waals surface area (Å²) in [5.41, 5.74) is 1.07. The van der Waals surface area contributed by atoms with Crippen LogP contribution < -0.4 is 5.32 Å². The van der Waals surface area contributed by atoms with Gasteiger partial charge in [0.05, 0.1) is 6.04 Å². The van der Waals surface area contributed by atoms with Crippen molar-refractivity contribution < 1.29 is 9.53 Å². The first kappa shape index (κ1) is 15.6. The monoisotopic (exact) mass is 303 g/mol. The van der Waals surface area contributed by atoms with Gasteiger partial charge in [-0.1, -0.05) is 37.3 Å². The molecule has 1 amide bonds. The molecule has 0 aliphatic heterocycles. The highest BCUT2D eigenvalue weighted by Crippen LogP contribution is 2.24. The number of ether oxygens (including phenoxy) is 1. The van der Waals surface area contributed by atoms with E-state index in [2.05, 4.69) is 31.3 Å². The number of carbonyl (C=O) groups is 1. The third-order valence-electron chi connectivity index (χ3n) is 3.35. The van der Waals surface area contributed by atoms with E-state index in [0.717, 1.165) is 5.56 Å². The van der Waals surface area contributed by atoms with Crippen molar-refractivity contribution in [3.63, 3.8) is 0 Å². The van der Waals surface area contributed by atoms with Gasteiger partial charge in [0.15, 0.2) is 0 Å². The molecule has 0 aliphatic rings. The van der Waals surface area contributed by atoms with E-state index in [1.54, 1.807) is 11.3 Å². The van der Waals surface area contributed by atoms with Crippen molar-refractivity contribution in [2.45, 2.75) is 32.7 Å². The smallest absolute Gasteiger partial charge is 0.407 e. The highest BCUT2D eigenvalue weighted by atomic mass is 32.1. The van der Waals surface area contributed by atoms with E-state index in [1.165, 1.54) is 9.75 Å². The van der Waals surface area contributed by atoms with Crippen LogP contribution in [0.1, 0.15) is 41.1 Å². The fourth-order valence-electron chi connectivity index (χ4n) is 2.04. The van der Waals surface area contributed by atoms with E-state index in [0.29, 0.717) is 6.61 Å². The Kier molecular flexibility index (Phi) is 5.39. The van der Waals surface area contributed by atoms with Crippen LogP contribution in [0.15, 0.2) is 42.5 Å². The van der Waals surface area contributed by atoms with Gasteiger partial charge in [0.25, 0.3) is 0 Å². The van der Waals surface area contributed by atoms with Crippen molar-refractivity contribution in [2.75, 3.05) is 6.61 Å². The minimum atomic E-state index is -0.369. The molecule has 1 aromatic heterocycles. The molecule has 0 aliphatic carbocycles. The van der Waals surface area contributed by atoms with Crippen molar-refractivity contribution in [3.05, 3.63) is 57.8 Å². The Hall–Kier alpha value is -1.81. The number of carbonyl (C=O) groups excluding carboxylic acids is 1. The van der Waals surface area contributed by atoms with Crippen LogP contribution in [0.3, 0.4) is 0 Å². The molecular formula is C17H21NO2S. The van der Waals surface area contributed by atoms with Crippen molar-refractivity contribution >= 4 is 17.4 Å². The Morgan fingerprint density at radius 3 is 2.52 bits per heavy atom. The number of benzene rings is 1. The summed E-state index contributed by atoms with van der Waals surface area (Å²) in [6, 6.07) is 14.0. The quantitative estimate of drug-likeness (QED) is 0.873. The molecule has 1 aromatic carbocycles. The Bertz CT molecular complexity index is 579. The average molecular weight is 303 g/mol. The summed E-state index contributed by atoms with van der Waals surface area (Å²) in [5.74, 6) is 0.224. The Morgan fingerprint density at radius 1 is 1.19 bits per heavy atom. The molecular weight excluding hydrogens is 282 g/mol. The molecule has 0 bridgehead atoms. The summed E-state index contributed by atoms with van der Waals surface area (Å²) in [6.07, 6.45) is -0.369. The number of rotatable bonds is 5. The van der Waals surface area contributed by atoms with E-state index in [-0.39, 0.29) is 18.1 Å². The largest absolute Gasteiger partial charge is 0.449 e. The third-order valence-corrected chi connectivity index (χ3v) is 4.58. The average Bonchev–Trinajstić information content (AvgIpc) is 2.92. The summed E-state index contributed by atoms with van der Waals surface area (Å²) >= 11 is 1.75. The molecule has 112 valence electrons. The maximum absolute atomic E-state index is 11.8. The lowest BCUT2D eigenvalue weighted by molar-refractivity contribution is 0.137. The molecule has 0 spiro atoms. The SMILES string of the molecule is Cc1ccc([C@@H](C)COC(=O)N[C@@H](C)c2ccccc2)s1. The second-order valence-electron chi connectivity index (χ2n) is 5.22. The van der Waals surface area contributed by atoms with Crippen LogP contribution in [-0.4, -0.2) is 12.7 Å². The topological polar surface area (TPSA) is 38.3 Å². The lowest BCUT2D eigenvalue weighted by Gasteiger charge is -2.16. The van der Waals surface area contributed by atoms with Crippen LogP contribution in [0.5, 0.6) is 0 Å². The number of aryl methyl sites for hydroxylation is 1. The first-order valence-electron chi connectivity index (χ1n) is 7.11. The Balaban J connectivity index is 1.79. The molecule has 3 nitrogen and oxygen atoms in total. The molecule has 0 saturated heterocycles. The van der Waals surface area contributed by atoms with Gasteiger partial charge in [-0.2, -0.15) is 0 Å². The van der Waals surface area contributed by atoms with Crippen LogP contribution in [0.25, 0.3) is 0 Å². The van der Waals surface area contributed by atoms with Gasteiger partial charge in [0.2, 0.25) is 0 Å². The van der Waals surface area contributed by atoms with Crippen LogP contribution in [0.2, 0.25) is 0 Å². The van der Waals surface area contributed by atoms with Gasteiger partial charge < -0.3 is 10.1 Å². The molecule has 1 N–H and O–H groups in total. The zero-order valence-electron chi connectivity index (χ0n) is 12.6. The first-order chi connectivity index (χ1) is 10.1. The van der Waals surface area contributed by atoms with Gasteiger partial charge in [-0.25, -0.2) is 4.79 Å². The molecule has 1 heterocycles. The Morgan fingerprint density at radius 2 is 1.90 bits per heavy atom. The van der Waals surface area contributed by atoms with Crippen molar-refractivity contribution in [1.82, 2.24) is 5.32 Å². The van der Waals surface area contributed by atoms with Crippen LogP contribution in [-0.2, 0) is 4.74 Å². The zero-order chi connectivity index (χ0) is 15.2.